The van der Waals surface area contributed by atoms with Crippen molar-refractivity contribution in [2.45, 2.75) is 72.0 Å². The van der Waals surface area contributed by atoms with Crippen molar-refractivity contribution in [2.75, 3.05) is 0 Å². The number of hydrogen-bond donors (Lipinski definition) is 0. The molecule has 4 heteroatoms. The molecule has 1 aliphatic carbocycles. The zero-order chi connectivity index (χ0) is 21.0. The van der Waals surface area contributed by atoms with Crippen LogP contribution >= 0.6 is 0 Å². The number of carbonyl (C=O) groups excluding carboxylic acids is 2. The highest BCUT2D eigenvalue weighted by molar-refractivity contribution is 5.84. The van der Waals surface area contributed by atoms with E-state index in [9.17, 15) is 9.59 Å². The maximum absolute atomic E-state index is 12.6. The van der Waals surface area contributed by atoms with Crippen molar-refractivity contribution >= 4 is 22.7 Å². The van der Waals surface area contributed by atoms with E-state index in [-0.39, 0.29) is 36.0 Å². The maximum atomic E-state index is 12.6. The number of esters is 2. The molecule has 4 nitrogen and oxygen atoms in total. The van der Waals surface area contributed by atoms with Crippen LogP contribution in [-0.4, -0.2) is 18.0 Å². The van der Waals surface area contributed by atoms with Crippen LogP contribution in [-0.2, 0) is 19.1 Å². The molecular weight excluding hydrogens is 364 g/mol. The molecule has 0 N–H and O–H groups in total. The summed E-state index contributed by atoms with van der Waals surface area (Å²) in [6.45, 7) is 7.88. The molecule has 0 aliphatic heterocycles. The van der Waals surface area contributed by atoms with E-state index in [1.54, 1.807) is 0 Å². The number of ether oxygens (including phenoxy) is 2. The standard InChI is InChI=1S/C25H32O4/c1-5-17(3)24(26)29-23-12-10-19(11-13-23)25(27)28-18(4)20-8-9-21-14-16(2)6-7-22(21)15-20/h6-9,14-15,17-19,23H,5,10-13H2,1-4H3. The average Bonchev–Trinajstić information content (AvgIpc) is 2.73. The minimum atomic E-state index is -0.283. The highest BCUT2D eigenvalue weighted by Crippen LogP contribution is 2.30. The first kappa shape index (κ1) is 21.4. The Morgan fingerprint density at radius 1 is 1.00 bits per heavy atom. The topological polar surface area (TPSA) is 52.6 Å². The lowest BCUT2D eigenvalue weighted by Crippen LogP contribution is -2.30. The van der Waals surface area contributed by atoms with Gasteiger partial charge in [-0.15, -0.1) is 0 Å². The highest BCUT2D eigenvalue weighted by Gasteiger charge is 2.30. The van der Waals surface area contributed by atoms with E-state index in [0.29, 0.717) is 12.8 Å². The molecule has 0 spiro atoms. The molecule has 1 aliphatic rings. The molecule has 2 unspecified atom stereocenters. The predicted octanol–water partition coefficient (Wildman–Crippen LogP) is 5.90. The van der Waals surface area contributed by atoms with Gasteiger partial charge >= 0.3 is 11.9 Å². The highest BCUT2D eigenvalue weighted by atomic mass is 16.5. The van der Waals surface area contributed by atoms with Crippen LogP contribution < -0.4 is 0 Å². The average molecular weight is 397 g/mol. The number of fused-ring (bicyclic) bond motifs is 1. The SMILES string of the molecule is CCC(C)C(=O)OC1CCC(C(=O)OC(C)c2ccc3cc(C)ccc3c2)CC1. The van der Waals surface area contributed by atoms with Gasteiger partial charge in [0.25, 0.3) is 0 Å². The van der Waals surface area contributed by atoms with Crippen molar-refractivity contribution in [3.05, 3.63) is 47.5 Å². The zero-order valence-electron chi connectivity index (χ0n) is 17.9. The summed E-state index contributed by atoms with van der Waals surface area (Å²) >= 11 is 0. The van der Waals surface area contributed by atoms with E-state index in [2.05, 4.69) is 37.3 Å². The number of aryl methyl sites for hydroxylation is 1. The van der Waals surface area contributed by atoms with Crippen LogP contribution in [0, 0.1) is 18.8 Å². The number of carbonyl (C=O) groups is 2. The predicted molar refractivity (Wildman–Crippen MR) is 114 cm³/mol. The second-order valence-corrected chi connectivity index (χ2v) is 8.41. The lowest BCUT2D eigenvalue weighted by atomic mass is 9.87. The molecule has 3 rings (SSSR count). The fraction of sp³-hybridized carbons (Fsp3) is 0.520. The van der Waals surface area contributed by atoms with Gasteiger partial charge < -0.3 is 9.47 Å². The fourth-order valence-corrected chi connectivity index (χ4v) is 3.84. The number of benzene rings is 2. The first-order chi connectivity index (χ1) is 13.9. The summed E-state index contributed by atoms with van der Waals surface area (Å²) in [7, 11) is 0. The first-order valence-corrected chi connectivity index (χ1v) is 10.8. The minimum Gasteiger partial charge on any atom is -0.462 e. The van der Waals surface area contributed by atoms with Crippen LogP contribution in [0.25, 0.3) is 10.8 Å². The summed E-state index contributed by atoms with van der Waals surface area (Å²) in [5.41, 5.74) is 2.24. The van der Waals surface area contributed by atoms with Gasteiger partial charge in [0.2, 0.25) is 0 Å². The van der Waals surface area contributed by atoms with Crippen LogP contribution in [0.5, 0.6) is 0 Å². The van der Waals surface area contributed by atoms with Crippen molar-refractivity contribution in [1.29, 1.82) is 0 Å². The molecule has 0 bridgehead atoms. The molecule has 0 aromatic heterocycles. The molecule has 2 aromatic rings. The van der Waals surface area contributed by atoms with Gasteiger partial charge in [-0.25, -0.2) is 0 Å². The van der Waals surface area contributed by atoms with Gasteiger partial charge in [-0.1, -0.05) is 49.7 Å². The van der Waals surface area contributed by atoms with E-state index >= 15 is 0 Å². The van der Waals surface area contributed by atoms with E-state index < -0.39 is 0 Å². The Morgan fingerprint density at radius 3 is 2.34 bits per heavy atom. The van der Waals surface area contributed by atoms with Gasteiger partial charge in [0, 0.05) is 0 Å². The fourth-order valence-electron chi connectivity index (χ4n) is 3.84. The van der Waals surface area contributed by atoms with Crippen LogP contribution in [0.15, 0.2) is 36.4 Å². The van der Waals surface area contributed by atoms with Crippen molar-refractivity contribution in [1.82, 2.24) is 0 Å². The monoisotopic (exact) mass is 396 g/mol. The smallest absolute Gasteiger partial charge is 0.309 e. The van der Waals surface area contributed by atoms with Gasteiger partial charge in [0.1, 0.15) is 12.2 Å². The van der Waals surface area contributed by atoms with Crippen molar-refractivity contribution in [3.63, 3.8) is 0 Å². The Labute approximate surface area is 173 Å². The Kier molecular flexibility index (Phi) is 6.94. The zero-order valence-corrected chi connectivity index (χ0v) is 17.9. The molecule has 29 heavy (non-hydrogen) atoms. The van der Waals surface area contributed by atoms with Crippen molar-refractivity contribution in [3.8, 4) is 0 Å². The van der Waals surface area contributed by atoms with Gasteiger partial charge in [-0.2, -0.15) is 0 Å². The third-order valence-corrected chi connectivity index (χ3v) is 6.09. The van der Waals surface area contributed by atoms with Crippen molar-refractivity contribution < 1.29 is 19.1 Å². The summed E-state index contributed by atoms with van der Waals surface area (Å²) in [4.78, 5) is 24.6. The van der Waals surface area contributed by atoms with Crippen LogP contribution in [0.4, 0.5) is 0 Å². The molecule has 2 aromatic carbocycles. The normalized spacial score (nSPS) is 21.4. The molecule has 0 heterocycles. The number of rotatable bonds is 6. The minimum absolute atomic E-state index is 0.0654. The largest absolute Gasteiger partial charge is 0.462 e. The molecule has 2 atom stereocenters. The van der Waals surface area contributed by atoms with E-state index in [1.165, 1.54) is 10.9 Å². The van der Waals surface area contributed by atoms with Crippen LogP contribution in [0.1, 0.15) is 70.1 Å². The third kappa shape index (κ3) is 5.37. The summed E-state index contributed by atoms with van der Waals surface area (Å²) in [6, 6.07) is 12.6. The summed E-state index contributed by atoms with van der Waals surface area (Å²) in [6.07, 6.45) is 3.31. The Hall–Kier alpha value is -2.36. The lowest BCUT2D eigenvalue weighted by molar-refractivity contribution is -0.159. The summed E-state index contributed by atoms with van der Waals surface area (Å²) in [5, 5.41) is 2.34. The number of hydrogen-bond acceptors (Lipinski definition) is 4. The second-order valence-electron chi connectivity index (χ2n) is 8.41. The molecule has 1 fully saturated rings. The van der Waals surface area contributed by atoms with Gasteiger partial charge in [0.05, 0.1) is 11.8 Å². The summed E-state index contributed by atoms with van der Waals surface area (Å²) in [5.74, 6) is -0.449. The molecule has 0 amide bonds. The van der Waals surface area contributed by atoms with Gasteiger partial charge in [-0.05, 0) is 68.4 Å². The van der Waals surface area contributed by atoms with Gasteiger partial charge in [-0.3, -0.25) is 9.59 Å². The Balaban J connectivity index is 1.53. The molecule has 156 valence electrons. The van der Waals surface area contributed by atoms with Crippen molar-refractivity contribution in [2.24, 2.45) is 11.8 Å². The van der Waals surface area contributed by atoms with E-state index in [0.717, 1.165) is 30.2 Å². The lowest BCUT2D eigenvalue weighted by Gasteiger charge is -2.28. The molecular formula is C25H32O4. The van der Waals surface area contributed by atoms with E-state index in [1.807, 2.05) is 26.8 Å². The third-order valence-electron chi connectivity index (χ3n) is 6.09. The quantitative estimate of drug-likeness (QED) is 0.570. The maximum Gasteiger partial charge on any atom is 0.309 e. The van der Waals surface area contributed by atoms with E-state index in [4.69, 9.17) is 9.47 Å². The molecule has 0 saturated heterocycles. The second kappa shape index (κ2) is 9.43. The Morgan fingerprint density at radius 2 is 1.66 bits per heavy atom. The van der Waals surface area contributed by atoms with Crippen LogP contribution in [0.2, 0.25) is 0 Å². The Bertz CT molecular complexity index is 864. The molecule has 0 radical (unpaired) electrons. The van der Waals surface area contributed by atoms with Crippen LogP contribution in [0.3, 0.4) is 0 Å². The first-order valence-electron chi connectivity index (χ1n) is 10.8. The summed E-state index contributed by atoms with van der Waals surface area (Å²) < 4.78 is 11.4. The molecule has 1 saturated carbocycles. The van der Waals surface area contributed by atoms with Gasteiger partial charge in [0.15, 0.2) is 0 Å².